The summed E-state index contributed by atoms with van der Waals surface area (Å²) < 4.78 is 14.4. The van der Waals surface area contributed by atoms with Gasteiger partial charge in [-0.25, -0.2) is 0 Å². The number of Topliss-reactive ketones (excluding diaryl/α,β-unsaturated/α-hetero) is 3. The number of alkyl halides is 1. The molecule has 498 valence electrons. The molecule has 5 nitrogen and oxygen atoms in total. The van der Waals surface area contributed by atoms with Crippen LogP contribution in [0.5, 0.6) is 11.5 Å². The second-order valence-electron chi connectivity index (χ2n) is 25.2. The van der Waals surface area contributed by atoms with Crippen molar-refractivity contribution in [2.24, 2.45) is 5.41 Å². The summed E-state index contributed by atoms with van der Waals surface area (Å²) in [5, 5.41) is 0.378. The van der Waals surface area contributed by atoms with E-state index in [4.69, 9.17) is 9.47 Å². The first-order valence-corrected chi connectivity index (χ1v) is 37.7. The highest BCUT2D eigenvalue weighted by Crippen LogP contribution is 2.32. The van der Waals surface area contributed by atoms with E-state index in [1.54, 1.807) is 18.2 Å². The van der Waals surface area contributed by atoms with Gasteiger partial charge in [0.15, 0.2) is 11.6 Å². The van der Waals surface area contributed by atoms with Crippen molar-refractivity contribution in [2.75, 3.05) is 11.9 Å². The summed E-state index contributed by atoms with van der Waals surface area (Å²) in [5.41, 5.74) is 9.90. The van der Waals surface area contributed by atoms with E-state index in [1.807, 2.05) is 101 Å². The molecule has 0 fully saturated rings. The van der Waals surface area contributed by atoms with Crippen LogP contribution in [-0.4, -0.2) is 34.9 Å². The maximum absolute atomic E-state index is 11.5. The number of hydrogen-bond acceptors (Lipinski definition) is 8. The molecule has 0 saturated carbocycles. The molecule has 0 amide bonds. The molecule has 0 radical (unpaired) electrons. The molecule has 0 spiro atoms. The molecule has 3 aromatic heterocycles. The largest absolute Gasteiger partial charge is 0.493 e. The van der Waals surface area contributed by atoms with Gasteiger partial charge >= 0.3 is 0 Å². The zero-order chi connectivity index (χ0) is 69.4. The molecule has 7 aromatic carbocycles. The van der Waals surface area contributed by atoms with E-state index in [1.165, 1.54) is 69.6 Å². The van der Waals surface area contributed by atoms with Gasteiger partial charge in [-0.2, -0.15) is 0 Å². The fourth-order valence-electron chi connectivity index (χ4n) is 8.37. The van der Waals surface area contributed by atoms with E-state index in [2.05, 4.69) is 288 Å². The van der Waals surface area contributed by atoms with E-state index >= 15 is 0 Å². The lowest BCUT2D eigenvalue weighted by Gasteiger charge is -2.24. The van der Waals surface area contributed by atoms with Gasteiger partial charge in [-0.15, -0.1) is 34.0 Å². The number of benzene rings is 7. The standard InChI is InChI=1S/C15H24O.2C13H14S.C11H11BrO2.C11H9BrS.C11H16O.C8H6Br2O/c1-14(2,3)11-16-13-9-7-12(8-10-13)15(4,5)6;2*1-3-11-5-4-6-12(9-11)13-8-7-10(2)14-13;1-8(13)5-6-11(14)9-3-2-4-10(12)7-9;1-8-5-6-11(13-8)9-3-2-4-10(12)7-9;1-4-11(2,3)12-10-8-6-5-7-9-10;9-5-8(11)6-2-1-3-7(10)4-6/h7-10H,11H2,1-6H3;2*4-9H,3H2,1-2H3;2-4,7H,5-6H2,1H3;2-7H,1H3;5-9H,4H2,1-3H3;1-4H,5H2. The van der Waals surface area contributed by atoms with Crippen molar-refractivity contribution < 1.29 is 23.9 Å². The predicted octanol–water partition coefficient (Wildman–Crippen LogP) is 26.7. The van der Waals surface area contributed by atoms with E-state index in [-0.39, 0.29) is 33.8 Å². The highest BCUT2D eigenvalue weighted by molar-refractivity contribution is 9.11. The summed E-state index contributed by atoms with van der Waals surface area (Å²) in [6, 6.07) is 72.0. The summed E-state index contributed by atoms with van der Waals surface area (Å²) in [6.45, 7) is 32.6. The average molecular weight is 1580 g/mol. The summed E-state index contributed by atoms with van der Waals surface area (Å²) in [4.78, 5) is 41.5. The van der Waals surface area contributed by atoms with E-state index < -0.39 is 0 Å². The quantitative estimate of drug-likeness (QED) is 0.0712. The van der Waals surface area contributed by atoms with Crippen LogP contribution in [0.3, 0.4) is 0 Å². The van der Waals surface area contributed by atoms with Gasteiger partial charge < -0.3 is 14.3 Å². The van der Waals surface area contributed by atoms with E-state index in [0.29, 0.717) is 23.7 Å². The number of ether oxygens (including phenoxy) is 2. The smallest absolute Gasteiger partial charge is 0.173 e. The van der Waals surface area contributed by atoms with Crippen molar-refractivity contribution in [3.8, 4) is 42.8 Å². The van der Waals surface area contributed by atoms with Crippen LogP contribution in [0.1, 0.15) is 154 Å². The Morgan fingerprint density at radius 1 is 0.436 bits per heavy atom. The van der Waals surface area contributed by atoms with E-state index in [9.17, 15) is 14.4 Å². The number of aryl methyl sites for hydroxylation is 5. The van der Waals surface area contributed by atoms with Crippen molar-refractivity contribution in [1.82, 2.24) is 0 Å². The van der Waals surface area contributed by atoms with Gasteiger partial charge in [0.1, 0.15) is 22.9 Å². The van der Waals surface area contributed by atoms with Crippen LogP contribution < -0.4 is 9.47 Å². The molecule has 0 N–H and O–H groups in total. The predicted molar refractivity (Wildman–Crippen MR) is 422 cm³/mol. The first-order valence-electron chi connectivity index (χ1n) is 31.7. The van der Waals surface area contributed by atoms with Gasteiger partial charge in [0.25, 0.3) is 0 Å². The molecule has 10 rings (SSSR count). The van der Waals surface area contributed by atoms with Crippen molar-refractivity contribution in [2.45, 2.75) is 147 Å². The molecule has 0 aliphatic carbocycles. The van der Waals surface area contributed by atoms with Gasteiger partial charge in [0.2, 0.25) is 0 Å². The van der Waals surface area contributed by atoms with Crippen LogP contribution in [0.25, 0.3) is 31.3 Å². The van der Waals surface area contributed by atoms with Crippen molar-refractivity contribution in [1.29, 1.82) is 0 Å². The minimum absolute atomic E-state index is 0.0153. The maximum atomic E-state index is 11.5. The molecular formula is C82H94Br4O5S3. The first-order chi connectivity index (χ1) is 44.5. The Morgan fingerprint density at radius 2 is 0.851 bits per heavy atom. The van der Waals surface area contributed by atoms with Crippen molar-refractivity contribution in [3.63, 3.8) is 0 Å². The second-order valence-corrected chi connectivity index (χ2v) is 32.4. The van der Waals surface area contributed by atoms with Gasteiger partial charge in [0, 0.05) is 66.6 Å². The summed E-state index contributed by atoms with van der Waals surface area (Å²) in [7, 11) is 0. The van der Waals surface area contributed by atoms with Crippen molar-refractivity contribution >= 4 is 115 Å². The molecule has 0 aliphatic rings. The minimum Gasteiger partial charge on any atom is -0.493 e. The lowest BCUT2D eigenvalue weighted by Crippen LogP contribution is -2.26. The van der Waals surface area contributed by atoms with Gasteiger partial charge in [-0.1, -0.05) is 241 Å². The maximum Gasteiger partial charge on any atom is 0.173 e. The number of para-hydroxylation sites is 1. The zero-order valence-corrected chi connectivity index (χ0v) is 66.2. The van der Waals surface area contributed by atoms with Crippen LogP contribution in [0.15, 0.2) is 226 Å². The van der Waals surface area contributed by atoms with Crippen molar-refractivity contribution in [3.05, 3.63) is 268 Å². The minimum atomic E-state index is -0.0542. The normalized spacial score (nSPS) is 10.7. The number of carbonyl (C=O) groups excluding carboxylic acids is 3. The number of ketones is 3. The number of rotatable bonds is 16. The first kappa shape index (κ1) is 80.6. The van der Waals surface area contributed by atoms with E-state index in [0.717, 1.165) is 56.3 Å². The Bertz CT molecular complexity index is 3780. The molecule has 0 unspecified atom stereocenters. The Labute approximate surface area is 608 Å². The lowest BCUT2D eigenvalue weighted by atomic mass is 9.87. The highest BCUT2D eigenvalue weighted by atomic mass is 79.9. The molecule has 0 bridgehead atoms. The van der Waals surface area contributed by atoms with Crippen LogP contribution >= 0.6 is 97.7 Å². The number of carbonyl (C=O) groups is 3. The summed E-state index contributed by atoms with van der Waals surface area (Å²) in [6.07, 6.45) is 3.86. The molecule has 94 heavy (non-hydrogen) atoms. The van der Waals surface area contributed by atoms with Gasteiger partial charge in [-0.3, -0.25) is 9.59 Å². The monoisotopic (exact) mass is 1570 g/mol. The summed E-state index contributed by atoms with van der Waals surface area (Å²) in [5.74, 6) is 2.08. The lowest BCUT2D eigenvalue weighted by molar-refractivity contribution is -0.117. The second kappa shape index (κ2) is 41.3. The number of thiophene rings is 3. The topological polar surface area (TPSA) is 69.7 Å². The Hall–Kier alpha value is -5.83. The molecule has 0 atom stereocenters. The highest BCUT2D eigenvalue weighted by Gasteiger charge is 2.17. The number of hydrogen-bond donors (Lipinski definition) is 0. The van der Waals surface area contributed by atoms with Crippen LogP contribution in [0, 0.1) is 26.2 Å². The third-order valence-electron chi connectivity index (χ3n) is 14.1. The zero-order valence-electron chi connectivity index (χ0n) is 57.4. The number of halogens is 4. The molecular weight excluding hydrogens is 1480 g/mol. The Kier molecular flexibility index (Phi) is 35.4. The van der Waals surface area contributed by atoms with Crippen LogP contribution in [0.2, 0.25) is 0 Å². The van der Waals surface area contributed by atoms with Crippen LogP contribution in [0.4, 0.5) is 0 Å². The third kappa shape index (κ3) is 31.8. The molecule has 12 heteroatoms. The van der Waals surface area contributed by atoms with Gasteiger partial charge in [-0.05, 0) is 202 Å². The Morgan fingerprint density at radius 3 is 1.21 bits per heavy atom. The molecule has 0 saturated heterocycles. The molecule has 3 heterocycles. The average Bonchev–Trinajstić information content (AvgIpc) is 1.59. The SMILES string of the molecule is CC(=O)CCC(=O)c1cccc(Br)c1.CC(C)(C)COc1ccc(C(C)(C)C)cc1.CCC(C)(C)Oc1ccccc1.CCc1cccc(-c2ccc(C)s2)c1.CCc1cccc(-c2ccc(C)s2)c1.Cc1ccc(-c2cccc(Br)c2)s1.O=C(CBr)c1cccc(Br)c1. The Balaban J connectivity index is 0.000000234. The van der Waals surface area contributed by atoms with Gasteiger partial charge in [0.05, 0.1) is 11.9 Å². The summed E-state index contributed by atoms with van der Waals surface area (Å²) >= 11 is 18.7. The van der Waals surface area contributed by atoms with Crippen LogP contribution in [-0.2, 0) is 23.1 Å². The molecule has 0 aliphatic heterocycles. The fraction of sp³-hybridized carbons (Fsp3) is 0.305. The third-order valence-corrected chi connectivity index (χ3v) is 19.2. The fourth-order valence-corrected chi connectivity index (χ4v) is 12.5. The molecule has 10 aromatic rings.